The maximum Gasteiger partial charge on any atom is 0.251 e. The minimum absolute atomic E-state index is 0.0199. The van der Waals surface area contributed by atoms with E-state index in [9.17, 15) is 4.79 Å². The monoisotopic (exact) mass is 365 g/mol. The van der Waals surface area contributed by atoms with Gasteiger partial charge in [0.2, 0.25) is 0 Å². The standard InChI is InChI=1S/C15H16BrN3OS/c16-12-5-3-11(4-6-12)14(20)18-10-13-2-1-8-19(13)15-17-7-9-21-15/h3-7,9,13H,1-2,8,10H2,(H,18,20). The first-order valence-electron chi connectivity index (χ1n) is 6.94. The van der Waals surface area contributed by atoms with Gasteiger partial charge in [-0.1, -0.05) is 15.9 Å². The second kappa shape index (κ2) is 6.58. The van der Waals surface area contributed by atoms with Gasteiger partial charge in [-0.25, -0.2) is 4.98 Å². The summed E-state index contributed by atoms with van der Waals surface area (Å²) in [6.45, 7) is 1.68. The van der Waals surface area contributed by atoms with Crippen LogP contribution in [0.4, 0.5) is 5.13 Å². The average molecular weight is 366 g/mol. The summed E-state index contributed by atoms with van der Waals surface area (Å²) in [4.78, 5) is 18.8. The van der Waals surface area contributed by atoms with E-state index in [4.69, 9.17) is 0 Å². The van der Waals surface area contributed by atoms with Gasteiger partial charge < -0.3 is 10.2 Å². The molecule has 1 saturated heterocycles. The van der Waals surface area contributed by atoms with Gasteiger partial charge in [0, 0.05) is 40.7 Å². The maximum atomic E-state index is 12.1. The average Bonchev–Trinajstić information content (AvgIpc) is 3.16. The van der Waals surface area contributed by atoms with Crippen molar-refractivity contribution in [3.05, 3.63) is 45.9 Å². The third-order valence-corrected chi connectivity index (χ3v) is 4.98. The largest absolute Gasteiger partial charge is 0.350 e. The van der Waals surface area contributed by atoms with E-state index in [-0.39, 0.29) is 5.91 Å². The smallest absolute Gasteiger partial charge is 0.251 e. The molecule has 6 heteroatoms. The molecule has 1 fully saturated rings. The summed E-state index contributed by atoms with van der Waals surface area (Å²) >= 11 is 5.03. The molecule has 0 bridgehead atoms. The van der Waals surface area contributed by atoms with Crippen molar-refractivity contribution in [1.29, 1.82) is 0 Å². The molecule has 3 rings (SSSR count). The van der Waals surface area contributed by atoms with Gasteiger partial charge in [0.15, 0.2) is 5.13 Å². The van der Waals surface area contributed by atoms with Crippen LogP contribution in [-0.4, -0.2) is 30.0 Å². The van der Waals surface area contributed by atoms with Gasteiger partial charge >= 0.3 is 0 Å². The van der Waals surface area contributed by atoms with Gasteiger partial charge in [0.1, 0.15) is 0 Å². The van der Waals surface area contributed by atoms with E-state index in [0.717, 1.165) is 29.0 Å². The molecule has 0 aliphatic carbocycles. The number of nitrogens with one attached hydrogen (secondary N) is 1. The Labute approximate surface area is 136 Å². The molecule has 0 spiro atoms. The Bertz CT molecular complexity index is 600. The van der Waals surface area contributed by atoms with Crippen LogP contribution in [0, 0.1) is 0 Å². The number of rotatable bonds is 4. The quantitative estimate of drug-likeness (QED) is 0.903. The van der Waals surface area contributed by atoms with Crippen molar-refractivity contribution in [1.82, 2.24) is 10.3 Å². The minimum Gasteiger partial charge on any atom is -0.350 e. The van der Waals surface area contributed by atoms with Crippen LogP contribution in [0.2, 0.25) is 0 Å². The van der Waals surface area contributed by atoms with Crippen LogP contribution in [0.15, 0.2) is 40.3 Å². The molecule has 2 aromatic rings. The number of carbonyl (C=O) groups is 1. The molecule has 2 heterocycles. The molecule has 1 aromatic carbocycles. The third-order valence-electron chi connectivity index (χ3n) is 3.65. The Morgan fingerprint density at radius 2 is 2.24 bits per heavy atom. The number of halogens is 1. The van der Waals surface area contributed by atoms with E-state index >= 15 is 0 Å². The van der Waals surface area contributed by atoms with Crippen LogP contribution in [0.1, 0.15) is 23.2 Å². The molecule has 1 aliphatic heterocycles. The third kappa shape index (κ3) is 3.44. The fourth-order valence-electron chi connectivity index (χ4n) is 2.57. The lowest BCUT2D eigenvalue weighted by molar-refractivity contribution is 0.0951. The van der Waals surface area contributed by atoms with Gasteiger partial charge in [0.25, 0.3) is 5.91 Å². The van der Waals surface area contributed by atoms with Crippen molar-refractivity contribution in [2.24, 2.45) is 0 Å². The Morgan fingerprint density at radius 3 is 2.95 bits per heavy atom. The predicted octanol–water partition coefficient (Wildman–Crippen LogP) is 3.30. The zero-order valence-corrected chi connectivity index (χ0v) is 13.9. The first-order valence-corrected chi connectivity index (χ1v) is 8.61. The number of benzene rings is 1. The Balaban J connectivity index is 1.59. The van der Waals surface area contributed by atoms with Crippen molar-refractivity contribution in [3.63, 3.8) is 0 Å². The van der Waals surface area contributed by atoms with Crippen molar-refractivity contribution >= 4 is 38.3 Å². The Hall–Kier alpha value is -1.40. The van der Waals surface area contributed by atoms with E-state index in [1.807, 2.05) is 35.8 Å². The molecular formula is C15H16BrN3OS. The minimum atomic E-state index is -0.0199. The summed E-state index contributed by atoms with van der Waals surface area (Å²) in [6, 6.07) is 7.76. The molecular weight excluding hydrogens is 350 g/mol. The topological polar surface area (TPSA) is 45.2 Å². The molecule has 0 radical (unpaired) electrons. The molecule has 0 saturated carbocycles. The van der Waals surface area contributed by atoms with Crippen molar-refractivity contribution in [2.75, 3.05) is 18.0 Å². The van der Waals surface area contributed by atoms with E-state index in [1.165, 1.54) is 0 Å². The zero-order chi connectivity index (χ0) is 14.7. The SMILES string of the molecule is O=C(NCC1CCCN1c1nccs1)c1ccc(Br)cc1. The number of thiazole rings is 1. The van der Waals surface area contributed by atoms with E-state index in [0.29, 0.717) is 18.2 Å². The summed E-state index contributed by atoms with van der Waals surface area (Å²) in [5, 5.41) is 6.08. The van der Waals surface area contributed by atoms with E-state index in [2.05, 4.69) is 31.1 Å². The second-order valence-electron chi connectivity index (χ2n) is 5.02. The van der Waals surface area contributed by atoms with Crippen LogP contribution in [-0.2, 0) is 0 Å². The van der Waals surface area contributed by atoms with E-state index < -0.39 is 0 Å². The normalized spacial score (nSPS) is 18.0. The fraction of sp³-hybridized carbons (Fsp3) is 0.333. The number of hydrogen-bond donors (Lipinski definition) is 1. The molecule has 1 amide bonds. The first kappa shape index (κ1) is 14.5. The van der Waals surface area contributed by atoms with Crippen LogP contribution in [0.3, 0.4) is 0 Å². The molecule has 110 valence electrons. The molecule has 1 aromatic heterocycles. The Kier molecular flexibility index (Phi) is 4.55. The number of hydrogen-bond acceptors (Lipinski definition) is 4. The van der Waals surface area contributed by atoms with Crippen LogP contribution >= 0.6 is 27.3 Å². The lowest BCUT2D eigenvalue weighted by Crippen LogP contribution is -2.40. The highest BCUT2D eigenvalue weighted by molar-refractivity contribution is 9.10. The van der Waals surface area contributed by atoms with Gasteiger partial charge in [-0.05, 0) is 37.1 Å². The number of amides is 1. The summed E-state index contributed by atoms with van der Waals surface area (Å²) in [7, 11) is 0. The molecule has 1 aliphatic rings. The summed E-state index contributed by atoms with van der Waals surface area (Å²) in [5.74, 6) is -0.0199. The van der Waals surface area contributed by atoms with Gasteiger partial charge in [-0.2, -0.15) is 0 Å². The fourth-order valence-corrected chi connectivity index (χ4v) is 3.58. The van der Waals surface area contributed by atoms with Gasteiger partial charge in [0.05, 0.1) is 0 Å². The molecule has 1 unspecified atom stereocenters. The number of anilines is 1. The summed E-state index contributed by atoms with van der Waals surface area (Å²) < 4.78 is 0.977. The van der Waals surface area contributed by atoms with Gasteiger partial charge in [-0.3, -0.25) is 4.79 Å². The molecule has 1 N–H and O–H groups in total. The predicted molar refractivity (Wildman–Crippen MR) is 89.0 cm³/mol. The molecule has 1 atom stereocenters. The van der Waals surface area contributed by atoms with E-state index in [1.54, 1.807) is 11.3 Å². The number of carbonyl (C=O) groups excluding carboxylic acids is 1. The van der Waals surface area contributed by atoms with Gasteiger partial charge in [-0.15, -0.1) is 11.3 Å². The summed E-state index contributed by atoms with van der Waals surface area (Å²) in [5.41, 5.74) is 0.692. The van der Waals surface area contributed by atoms with Crippen molar-refractivity contribution < 1.29 is 4.79 Å². The Morgan fingerprint density at radius 1 is 1.43 bits per heavy atom. The summed E-state index contributed by atoms with van der Waals surface area (Å²) in [6.07, 6.45) is 4.08. The second-order valence-corrected chi connectivity index (χ2v) is 6.81. The van der Waals surface area contributed by atoms with Crippen molar-refractivity contribution in [2.45, 2.75) is 18.9 Å². The molecule has 4 nitrogen and oxygen atoms in total. The zero-order valence-electron chi connectivity index (χ0n) is 11.5. The number of nitrogens with zero attached hydrogens (tertiary/aromatic N) is 2. The lowest BCUT2D eigenvalue weighted by atomic mass is 10.2. The maximum absolute atomic E-state index is 12.1. The van der Waals surface area contributed by atoms with Crippen LogP contribution < -0.4 is 10.2 Å². The first-order chi connectivity index (χ1) is 10.2. The van der Waals surface area contributed by atoms with Crippen LogP contribution in [0.25, 0.3) is 0 Å². The molecule has 21 heavy (non-hydrogen) atoms. The van der Waals surface area contributed by atoms with Crippen LogP contribution in [0.5, 0.6) is 0 Å². The highest BCUT2D eigenvalue weighted by atomic mass is 79.9. The lowest BCUT2D eigenvalue weighted by Gasteiger charge is -2.24. The highest BCUT2D eigenvalue weighted by Gasteiger charge is 2.26. The van der Waals surface area contributed by atoms with Crippen molar-refractivity contribution in [3.8, 4) is 0 Å². The number of aromatic nitrogens is 1. The highest BCUT2D eigenvalue weighted by Crippen LogP contribution is 2.26.